The minimum Gasteiger partial charge on any atom is -0.294 e. The lowest BCUT2D eigenvalue weighted by Crippen LogP contribution is -1.83. The highest BCUT2D eigenvalue weighted by atomic mass is 79.9. The molecule has 3 nitrogen and oxygen atoms in total. The number of pyridine rings is 1. The molecule has 0 unspecified atom stereocenters. The fourth-order valence-corrected chi connectivity index (χ4v) is 2.26. The van der Waals surface area contributed by atoms with E-state index in [-0.39, 0.29) is 5.78 Å². The van der Waals surface area contributed by atoms with Gasteiger partial charge in [0, 0.05) is 35.6 Å². The first-order valence-corrected chi connectivity index (χ1v) is 5.85. The fourth-order valence-electron chi connectivity index (χ4n) is 1.10. The van der Waals surface area contributed by atoms with E-state index in [1.54, 1.807) is 18.6 Å². The van der Waals surface area contributed by atoms with Gasteiger partial charge in [-0.25, -0.2) is 4.98 Å². The van der Waals surface area contributed by atoms with Crippen molar-refractivity contribution >= 4 is 33.0 Å². The van der Waals surface area contributed by atoms with E-state index in [2.05, 4.69) is 25.9 Å². The Morgan fingerprint density at radius 2 is 2.20 bits per heavy atom. The van der Waals surface area contributed by atoms with Crippen molar-refractivity contribution in [2.75, 3.05) is 0 Å². The van der Waals surface area contributed by atoms with Crippen LogP contribution in [0.2, 0.25) is 0 Å². The third-order valence-electron chi connectivity index (χ3n) is 1.80. The third kappa shape index (κ3) is 2.30. The number of hydrogen-bond acceptors (Lipinski definition) is 4. The summed E-state index contributed by atoms with van der Waals surface area (Å²) in [6.45, 7) is 1.54. The second-order valence-corrected chi connectivity index (χ2v) is 4.92. The van der Waals surface area contributed by atoms with Crippen molar-refractivity contribution < 1.29 is 4.79 Å². The van der Waals surface area contributed by atoms with Gasteiger partial charge in [0.25, 0.3) is 0 Å². The predicted octanol–water partition coefficient (Wildman–Crippen LogP) is 3.17. The van der Waals surface area contributed by atoms with Crippen LogP contribution in [0.5, 0.6) is 0 Å². The molecule has 76 valence electrons. The second-order valence-electron chi connectivity index (χ2n) is 2.98. The first-order chi connectivity index (χ1) is 7.16. The van der Waals surface area contributed by atoms with Gasteiger partial charge in [0.1, 0.15) is 5.01 Å². The number of ketones is 1. The molecule has 0 amide bonds. The summed E-state index contributed by atoms with van der Waals surface area (Å²) in [5.41, 5.74) is 0.918. The van der Waals surface area contributed by atoms with Crippen molar-refractivity contribution in [1.82, 2.24) is 9.97 Å². The first-order valence-electron chi connectivity index (χ1n) is 4.24. The van der Waals surface area contributed by atoms with Gasteiger partial charge in [-0.1, -0.05) is 0 Å². The van der Waals surface area contributed by atoms with Crippen molar-refractivity contribution in [3.63, 3.8) is 0 Å². The van der Waals surface area contributed by atoms with Crippen LogP contribution in [0.3, 0.4) is 0 Å². The van der Waals surface area contributed by atoms with Crippen LogP contribution < -0.4 is 0 Å². The number of rotatable bonds is 2. The fraction of sp³-hybridized carbons (Fsp3) is 0.100. The van der Waals surface area contributed by atoms with Crippen molar-refractivity contribution in [2.45, 2.75) is 6.92 Å². The molecule has 0 saturated carbocycles. The number of carbonyl (C=O) groups excluding carboxylic acids is 1. The first kappa shape index (κ1) is 10.4. The van der Waals surface area contributed by atoms with Gasteiger partial charge in [-0.3, -0.25) is 9.78 Å². The largest absolute Gasteiger partial charge is 0.294 e. The highest BCUT2D eigenvalue weighted by Gasteiger charge is 2.08. The van der Waals surface area contributed by atoms with Crippen molar-refractivity contribution in [3.05, 3.63) is 34.0 Å². The number of halogens is 1. The molecule has 0 saturated heterocycles. The number of Topliss-reactive ketones (excluding diaryl/α,β-unsaturated/α-hetero) is 1. The topological polar surface area (TPSA) is 42.9 Å². The van der Waals surface area contributed by atoms with E-state index in [0.29, 0.717) is 4.88 Å². The SMILES string of the molecule is CC(=O)c1cnc(-c2cncc(Br)c2)s1. The monoisotopic (exact) mass is 282 g/mol. The molecule has 2 aromatic heterocycles. The van der Waals surface area contributed by atoms with Gasteiger partial charge in [0.2, 0.25) is 0 Å². The van der Waals surface area contributed by atoms with Gasteiger partial charge in [-0.2, -0.15) is 0 Å². The molecular formula is C10H7BrN2OS. The molecule has 2 aromatic rings. The molecule has 2 rings (SSSR count). The smallest absolute Gasteiger partial charge is 0.171 e. The summed E-state index contributed by atoms with van der Waals surface area (Å²) >= 11 is 4.72. The standard InChI is InChI=1S/C10H7BrN2OS/c1-6(14)9-5-13-10(15-9)7-2-8(11)4-12-3-7/h2-5H,1H3. The van der Waals surface area contributed by atoms with Crippen LogP contribution in [0.15, 0.2) is 29.1 Å². The lowest BCUT2D eigenvalue weighted by atomic mass is 10.3. The normalized spacial score (nSPS) is 10.3. The van der Waals surface area contributed by atoms with Crippen molar-refractivity contribution in [1.29, 1.82) is 0 Å². The van der Waals surface area contributed by atoms with Crippen LogP contribution in [-0.4, -0.2) is 15.8 Å². The predicted molar refractivity (Wildman–Crippen MR) is 63.0 cm³/mol. The molecule has 0 aromatic carbocycles. The van der Waals surface area contributed by atoms with Crippen LogP contribution in [0.25, 0.3) is 10.6 Å². The maximum atomic E-state index is 11.1. The third-order valence-corrected chi connectivity index (χ3v) is 3.39. The van der Waals surface area contributed by atoms with Gasteiger partial charge >= 0.3 is 0 Å². The Kier molecular flexibility index (Phi) is 2.93. The molecule has 0 spiro atoms. The van der Waals surface area contributed by atoms with E-state index in [1.165, 1.54) is 18.3 Å². The molecule has 0 bridgehead atoms. The summed E-state index contributed by atoms with van der Waals surface area (Å²) in [6.07, 6.45) is 5.04. The highest BCUT2D eigenvalue weighted by Crippen LogP contribution is 2.26. The number of carbonyl (C=O) groups is 1. The Balaban J connectivity index is 2.41. The molecule has 0 atom stereocenters. The maximum absolute atomic E-state index is 11.1. The number of thiazole rings is 1. The Hall–Kier alpha value is -1.07. The maximum Gasteiger partial charge on any atom is 0.171 e. The summed E-state index contributed by atoms with van der Waals surface area (Å²) in [6, 6.07) is 1.93. The lowest BCUT2D eigenvalue weighted by Gasteiger charge is -1.94. The van der Waals surface area contributed by atoms with Gasteiger partial charge in [-0.05, 0) is 22.0 Å². The minimum absolute atomic E-state index is 0.0432. The number of nitrogens with zero attached hydrogens (tertiary/aromatic N) is 2. The molecule has 0 aliphatic carbocycles. The van der Waals surface area contributed by atoms with Crippen LogP contribution in [0, 0.1) is 0 Å². The molecule has 2 heterocycles. The molecule has 0 N–H and O–H groups in total. The van der Waals surface area contributed by atoms with E-state index in [0.717, 1.165) is 15.0 Å². The van der Waals surface area contributed by atoms with E-state index in [1.807, 2.05) is 6.07 Å². The second kappa shape index (κ2) is 4.20. The van der Waals surface area contributed by atoms with E-state index < -0.39 is 0 Å². The zero-order chi connectivity index (χ0) is 10.8. The lowest BCUT2D eigenvalue weighted by molar-refractivity contribution is 0.102. The van der Waals surface area contributed by atoms with E-state index >= 15 is 0 Å². The van der Waals surface area contributed by atoms with Gasteiger partial charge in [0.15, 0.2) is 5.78 Å². The summed E-state index contributed by atoms with van der Waals surface area (Å²) in [5.74, 6) is 0.0432. The molecule has 0 radical (unpaired) electrons. The van der Waals surface area contributed by atoms with E-state index in [4.69, 9.17) is 0 Å². The zero-order valence-electron chi connectivity index (χ0n) is 7.90. The molecule has 5 heteroatoms. The van der Waals surface area contributed by atoms with Crippen LogP contribution in [0.4, 0.5) is 0 Å². The van der Waals surface area contributed by atoms with Gasteiger partial charge in [-0.15, -0.1) is 11.3 Å². The van der Waals surface area contributed by atoms with Gasteiger partial charge in [0.05, 0.1) is 4.88 Å². The average Bonchev–Trinajstić information content (AvgIpc) is 2.66. The highest BCUT2D eigenvalue weighted by molar-refractivity contribution is 9.10. The van der Waals surface area contributed by atoms with Gasteiger partial charge < -0.3 is 0 Å². The zero-order valence-corrected chi connectivity index (χ0v) is 10.3. The number of hydrogen-bond donors (Lipinski definition) is 0. The molecule has 0 aliphatic rings. The van der Waals surface area contributed by atoms with E-state index in [9.17, 15) is 4.79 Å². The number of aromatic nitrogens is 2. The van der Waals surface area contributed by atoms with Crippen molar-refractivity contribution in [2.24, 2.45) is 0 Å². The molecule has 0 aliphatic heterocycles. The van der Waals surface area contributed by atoms with Crippen LogP contribution in [-0.2, 0) is 0 Å². The summed E-state index contributed by atoms with van der Waals surface area (Å²) in [4.78, 5) is 20.0. The minimum atomic E-state index is 0.0432. The Labute approximate surface area is 99.3 Å². The molecule has 15 heavy (non-hydrogen) atoms. The molecular weight excluding hydrogens is 276 g/mol. The van der Waals surface area contributed by atoms with Crippen molar-refractivity contribution in [3.8, 4) is 10.6 Å². The molecule has 0 fully saturated rings. The Bertz CT molecular complexity index is 510. The average molecular weight is 283 g/mol. The van der Waals surface area contributed by atoms with Crippen LogP contribution in [0.1, 0.15) is 16.6 Å². The summed E-state index contributed by atoms with van der Waals surface area (Å²) in [7, 11) is 0. The quantitative estimate of drug-likeness (QED) is 0.795. The summed E-state index contributed by atoms with van der Waals surface area (Å²) in [5, 5.41) is 0.814. The summed E-state index contributed by atoms with van der Waals surface area (Å²) < 4.78 is 0.902. The van der Waals surface area contributed by atoms with Crippen LogP contribution >= 0.6 is 27.3 Å². The Morgan fingerprint density at radius 1 is 1.40 bits per heavy atom. The Morgan fingerprint density at radius 3 is 2.80 bits per heavy atom.